The number of fused-ring (bicyclic) bond motifs is 1. The first-order valence-electron chi connectivity index (χ1n) is 4.96. The number of aromatic nitrogens is 1. The van der Waals surface area contributed by atoms with Crippen LogP contribution in [0.1, 0.15) is 23.2 Å². The molecule has 3 rings (SSSR count). The minimum atomic E-state index is 0.311. The Labute approximate surface area is 81.9 Å². The van der Waals surface area contributed by atoms with Crippen LogP contribution in [-0.2, 0) is 0 Å². The van der Waals surface area contributed by atoms with Gasteiger partial charge in [-0.25, -0.2) is 0 Å². The van der Waals surface area contributed by atoms with Crippen LogP contribution in [0, 0.1) is 5.92 Å². The zero-order valence-electron chi connectivity index (χ0n) is 7.79. The van der Waals surface area contributed by atoms with Crippen molar-refractivity contribution in [1.82, 2.24) is 4.98 Å². The molecule has 2 aromatic rings. The van der Waals surface area contributed by atoms with Crippen molar-refractivity contribution in [3.05, 3.63) is 36.0 Å². The molecule has 1 aliphatic rings. The number of carbonyl (C=O) groups is 1. The lowest BCUT2D eigenvalue weighted by molar-refractivity contribution is 0.0968. The molecule has 70 valence electrons. The molecule has 2 nitrogen and oxygen atoms in total. The Morgan fingerprint density at radius 1 is 1.29 bits per heavy atom. The Balaban J connectivity index is 2.07. The third kappa shape index (κ3) is 1.15. The largest absolute Gasteiger partial charge is 0.361 e. The molecule has 2 heteroatoms. The first-order valence-corrected chi connectivity index (χ1v) is 4.96. The number of Topliss-reactive ketones (excluding diaryl/α,β-unsaturated/α-hetero) is 1. The lowest BCUT2D eigenvalue weighted by Crippen LogP contribution is -2.00. The van der Waals surface area contributed by atoms with Gasteiger partial charge in [0.25, 0.3) is 0 Å². The highest BCUT2D eigenvalue weighted by atomic mass is 16.1. The molecule has 1 N–H and O–H groups in total. The molecule has 1 aromatic heterocycles. The Kier molecular flexibility index (Phi) is 1.51. The number of ketones is 1. The van der Waals surface area contributed by atoms with Gasteiger partial charge in [0.05, 0.1) is 0 Å². The van der Waals surface area contributed by atoms with Gasteiger partial charge in [-0.2, -0.15) is 0 Å². The van der Waals surface area contributed by atoms with Gasteiger partial charge in [0.2, 0.25) is 0 Å². The first-order chi connectivity index (χ1) is 6.84. The summed E-state index contributed by atoms with van der Waals surface area (Å²) >= 11 is 0. The van der Waals surface area contributed by atoms with E-state index in [4.69, 9.17) is 0 Å². The standard InChI is InChI=1S/C12H11NO/c14-12(8-1-2-8)10-3-4-11-9(7-10)5-6-13-11/h3-8,13H,1-2H2. The third-order valence-corrected chi connectivity index (χ3v) is 2.79. The number of hydrogen-bond donors (Lipinski definition) is 1. The van der Waals surface area contributed by atoms with Gasteiger partial charge in [0.1, 0.15) is 0 Å². The Morgan fingerprint density at radius 2 is 2.14 bits per heavy atom. The molecule has 0 spiro atoms. The molecule has 0 bridgehead atoms. The fraction of sp³-hybridized carbons (Fsp3) is 0.250. The summed E-state index contributed by atoms with van der Waals surface area (Å²) in [6.07, 6.45) is 4.05. The zero-order chi connectivity index (χ0) is 9.54. The second-order valence-corrected chi connectivity index (χ2v) is 3.92. The molecule has 1 aromatic carbocycles. The van der Waals surface area contributed by atoms with E-state index in [0.29, 0.717) is 11.7 Å². The minimum Gasteiger partial charge on any atom is -0.361 e. The van der Waals surface area contributed by atoms with Gasteiger partial charge < -0.3 is 4.98 Å². The van der Waals surface area contributed by atoms with Gasteiger partial charge in [-0.15, -0.1) is 0 Å². The van der Waals surface area contributed by atoms with Crippen molar-refractivity contribution in [2.75, 3.05) is 0 Å². The smallest absolute Gasteiger partial charge is 0.165 e. The van der Waals surface area contributed by atoms with E-state index in [-0.39, 0.29) is 0 Å². The van der Waals surface area contributed by atoms with Crippen molar-refractivity contribution in [2.45, 2.75) is 12.8 Å². The summed E-state index contributed by atoms with van der Waals surface area (Å²) in [5.74, 6) is 0.625. The first kappa shape index (κ1) is 7.80. The van der Waals surface area contributed by atoms with Crippen molar-refractivity contribution in [2.24, 2.45) is 5.92 Å². The van der Waals surface area contributed by atoms with E-state index in [1.165, 1.54) is 0 Å². The molecular weight excluding hydrogens is 174 g/mol. The molecule has 1 aliphatic carbocycles. The number of nitrogens with one attached hydrogen (secondary N) is 1. The fourth-order valence-electron chi connectivity index (χ4n) is 1.79. The van der Waals surface area contributed by atoms with Gasteiger partial charge >= 0.3 is 0 Å². The van der Waals surface area contributed by atoms with Crippen molar-refractivity contribution in [3.63, 3.8) is 0 Å². The maximum atomic E-state index is 11.8. The van der Waals surface area contributed by atoms with Crippen LogP contribution in [0.25, 0.3) is 10.9 Å². The van der Waals surface area contributed by atoms with Crippen LogP contribution in [0.4, 0.5) is 0 Å². The van der Waals surface area contributed by atoms with Gasteiger partial charge in [-0.3, -0.25) is 4.79 Å². The number of aromatic amines is 1. The topological polar surface area (TPSA) is 32.9 Å². The van der Waals surface area contributed by atoms with Crippen LogP contribution in [0.3, 0.4) is 0 Å². The summed E-state index contributed by atoms with van der Waals surface area (Å²) in [5, 5.41) is 1.12. The normalized spacial score (nSPS) is 16.0. The molecule has 0 radical (unpaired) electrons. The summed E-state index contributed by atoms with van der Waals surface area (Å²) in [6, 6.07) is 7.87. The van der Waals surface area contributed by atoms with Gasteiger partial charge in [-0.1, -0.05) is 0 Å². The summed E-state index contributed by atoms with van der Waals surface area (Å²) < 4.78 is 0. The van der Waals surface area contributed by atoms with E-state index >= 15 is 0 Å². The van der Waals surface area contributed by atoms with Crippen molar-refractivity contribution in [1.29, 1.82) is 0 Å². The highest BCUT2D eigenvalue weighted by molar-refractivity contribution is 6.02. The van der Waals surface area contributed by atoms with Crippen molar-refractivity contribution < 1.29 is 4.79 Å². The summed E-state index contributed by atoms with van der Waals surface area (Å²) in [4.78, 5) is 14.9. The predicted molar refractivity (Wildman–Crippen MR) is 55.4 cm³/mol. The lowest BCUT2D eigenvalue weighted by Gasteiger charge is -1.98. The van der Waals surface area contributed by atoms with Gasteiger partial charge in [0, 0.05) is 28.6 Å². The molecule has 14 heavy (non-hydrogen) atoms. The molecule has 1 fully saturated rings. The van der Waals surface area contributed by atoms with Crippen LogP contribution < -0.4 is 0 Å². The average Bonchev–Trinajstić information content (AvgIpc) is 2.95. The fourth-order valence-corrected chi connectivity index (χ4v) is 1.79. The van der Waals surface area contributed by atoms with Crippen molar-refractivity contribution >= 4 is 16.7 Å². The number of benzene rings is 1. The third-order valence-electron chi connectivity index (χ3n) is 2.79. The highest BCUT2D eigenvalue weighted by Gasteiger charge is 2.30. The van der Waals surface area contributed by atoms with E-state index in [1.54, 1.807) is 0 Å². The highest BCUT2D eigenvalue weighted by Crippen LogP contribution is 2.33. The quantitative estimate of drug-likeness (QED) is 0.717. The maximum Gasteiger partial charge on any atom is 0.165 e. The second kappa shape index (κ2) is 2.71. The molecule has 0 unspecified atom stereocenters. The average molecular weight is 185 g/mol. The van der Waals surface area contributed by atoms with Crippen LogP contribution >= 0.6 is 0 Å². The summed E-state index contributed by atoms with van der Waals surface area (Å²) in [5.41, 5.74) is 1.96. The molecule has 0 aliphatic heterocycles. The zero-order valence-corrected chi connectivity index (χ0v) is 7.79. The molecule has 0 atom stereocenters. The van der Waals surface area contributed by atoms with E-state index < -0.39 is 0 Å². The molecular formula is C12H11NO. The van der Waals surface area contributed by atoms with E-state index in [0.717, 1.165) is 29.3 Å². The Morgan fingerprint density at radius 3 is 2.93 bits per heavy atom. The maximum absolute atomic E-state index is 11.8. The molecule has 1 heterocycles. The minimum absolute atomic E-state index is 0.311. The van der Waals surface area contributed by atoms with E-state index in [9.17, 15) is 4.79 Å². The Bertz CT molecular complexity index is 494. The van der Waals surface area contributed by atoms with Gasteiger partial charge in [0.15, 0.2) is 5.78 Å². The SMILES string of the molecule is O=C(c1ccc2[nH]ccc2c1)C1CC1. The lowest BCUT2D eigenvalue weighted by atomic mass is 10.1. The van der Waals surface area contributed by atoms with Crippen LogP contribution in [-0.4, -0.2) is 10.8 Å². The monoisotopic (exact) mass is 185 g/mol. The number of carbonyl (C=O) groups excluding carboxylic acids is 1. The Hall–Kier alpha value is -1.57. The van der Waals surface area contributed by atoms with Crippen LogP contribution in [0.2, 0.25) is 0 Å². The molecule has 0 amide bonds. The van der Waals surface area contributed by atoms with E-state index in [1.807, 2.05) is 30.5 Å². The number of H-pyrrole nitrogens is 1. The van der Waals surface area contributed by atoms with Gasteiger partial charge in [-0.05, 0) is 37.1 Å². The number of hydrogen-bond acceptors (Lipinski definition) is 1. The number of rotatable bonds is 2. The summed E-state index contributed by atoms with van der Waals surface area (Å²) in [7, 11) is 0. The van der Waals surface area contributed by atoms with E-state index in [2.05, 4.69) is 4.98 Å². The summed E-state index contributed by atoms with van der Waals surface area (Å²) in [6.45, 7) is 0. The van der Waals surface area contributed by atoms with Crippen LogP contribution in [0.5, 0.6) is 0 Å². The van der Waals surface area contributed by atoms with Crippen molar-refractivity contribution in [3.8, 4) is 0 Å². The van der Waals surface area contributed by atoms with Crippen LogP contribution in [0.15, 0.2) is 30.5 Å². The predicted octanol–water partition coefficient (Wildman–Crippen LogP) is 2.76. The molecule has 0 saturated heterocycles. The second-order valence-electron chi connectivity index (χ2n) is 3.92. The molecule has 1 saturated carbocycles.